The van der Waals surface area contributed by atoms with E-state index in [4.69, 9.17) is 0 Å². The highest BCUT2D eigenvalue weighted by Gasteiger charge is 2.20. The van der Waals surface area contributed by atoms with Crippen molar-refractivity contribution in [3.05, 3.63) is 24.5 Å². The predicted molar refractivity (Wildman–Crippen MR) is 56.3 cm³/mol. The summed E-state index contributed by atoms with van der Waals surface area (Å²) in [6.45, 7) is 1.77. The van der Waals surface area contributed by atoms with Gasteiger partial charge in [-0.1, -0.05) is 0 Å². The summed E-state index contributed by atoms with van der Waals surface area (Å²) in [5.41, 5.74) is 0. The van der Waals surface area contributed by atoms with Crippen molar-refractivity contribution in [1.82, 2.24) is 9.47 Å². The molecule has 0 unspecified atom stereocenters. The summed E-state index contributed by atoms with van der Waals surface area (Å²) in [7, 11) is 0. The SMILES string of the molecule is O=C(Cn1cccc1)N1CCC(O)CC1. The van der Waals surface area contributed by atoms with E-state index in [1.165, 1.54) is 0 Å². The molecule has 1 aliphatic heterocycles. The largest absolute Gasteiger partial charge is 0.393 e. The predicted octanol–water partition coefficient (Wildman–Crippen LogP) is 0.471. The van der Waals surface area contributed by atoms with Crippen molar-refractivity contribution in [1.29, 1.82) is 0 Å². The van der Waals surface area contributed by atoms with Crippen molar-refractivity contribution >= 4 is 5.91 Å². The summed E-state index contributed by atoms with van der Waals surface area (Å²) in [6, 6.07) is 3.82. The number of piperidine rings is 1. The summed E-state index contributed by atoms with van der Waals surface area (Å²) in [5, 5.41) is 9.32. The standard InChI is InChI=1S/C11H16N2O2/c14-10-3-7-13(8-4-10)11(15)9-12-5-1-2-6-12/h1-2,5-6,10,14H,3-4,7-9H2. The molecule has 82 valence electrons. The molecule has 1 saturated heterocycles. The first-order valence-electron chi connectivity index (χ1n) is 5.32. The molecule has 1 aromatic rings. The lowest BCUT2D eigenvalue weighted by atomic mass is 10.1. The van der Waals surface area contributed by atoms with Crippen LogP contribution < -0.4 is 0 Å². The number of aliphatic hydroxyl groups excluding tert-OH is 1. The van der Waals surface area contributed by atoms with Crippen LogP contribution in [0.25, 0.3) is 0 Å². The Labute approximate surface area is 89.1 Å². The second-order valence-electron chi connectivity index (χ2n) is 3.97. The van der Waals surface area contributed by atoms with Gasteiger partial charge in [0.1, 0.15) is 6.54 Å². The first kappa shape index (κ1) is 10.2. The Hall–Kier alpha value is -1.29. The number of amides is 1. The maximum Gasteiger partial charge on any atom is 0.242 e. The van der Waals surface area contributed by atoms with Crippen molar-refractivity contribution < 1.29 is 9.90 Å². The van der Waals surface area contributed by atoms with Gasteiger partial charge in [-0.15, -0.1) is 0 Å². The molecule has 4 nitrogen and oxygen atoms in total. The molecule has 15 heavy (non-hydrogen) atoms. The molecular formula is C11H16N2O2. The van der Waals surface area contributed by atoms with Crippen LogP contribution in [0.3, 0.4) is 0 Å². The number of likely N-dealkylation sites (tertiary alicyclic amines) is 1. The fourth-order valence-electron chi connectivity index (χ4n) is 1.85. The van der Waals surface area contributed by atoms with Gasteiger partial charge >= 0.3 is 0 Å². The van der Waals surface area contributed by atoms with Crippen molar-refractivity contribution in [2.45, 2.75) is 25.5 Å². The van der Waals surface area contributed by atoms with E-state index in [1.807, 2.05) is 34.0 Å². The highest BCUT2D eigenvalue weighted by molar-refractivity contribution is 5.76. The van der Waals surface area contributed by atoms with Crippen LogP contribution in [0.1, 0.15) is 12.8 Å². The number of nitrogens with zero attached hydrogens (tertiary/aromatic N) is 2. The zero-order chi connectivity index (χ0) is 10.7. The first-order valence-corrected chi connectivity index (χ1v) is 5.32. The molecule has 1 amide bonds. The van der Waals surface area contributed by atoms with E-state index in [0.717, 1.165) is 0 Å². The van der Waals surface area contributed by atoms with Crippen LogP contribution in [0.5, 0.6) is 0 Å². The van der Waals surface area contributed by atoms with Crippen LogP contribution in [-0.2, 0) is 11.3 Å². The molecule has 1 aliphatic rings. The van der Waals surface area contributed by atoms with E-state index < -0.39 is 0 Å². The molecule has 0 spiro atoms. The van der Waals surface area contributed by atoms with Crippen LogP contribution >= 0.6 is 0 Å². The van der Waals surface area contributed by atoms with Gasteiger partial charge in [0, 0.05) is 25.5 Å². The average Bonchev–Trinajstić information content (AvgIpc) is 2.71. The Morgan fingerprint density at radius 1 is 1.27 bits per heavy atom. The van der Waals surface area contributed by atoms with Crippen LogP contribution in [0, 0.1) is 0 Å². The average molecular weight is 208 g/mol. The third-order valence-corrected chi connectivity index (χ3v) is 2.80. The van der Waals surface area contributed by atoms with Gasteiger partial charge in [-0.2, -0.15) is 0 Å². The number of carbonyl (C=O) groups excluding carboxylic acids is 1. The highest BCUT2D eigenvalue weighted by atomic mass is 16.3. The summed E-state index contributed by atoms with van der Waals surface area (Å²) in [4.78, 5) is 13.6. The first-order chi connectivity index (χ1) is 7.25. The molecule has 0 saturated carbocycles. The van der Waals surface area contributed by atoms with E-state index >= 15 is 0 Å². The Balaban J connectivity index is 1.86. The molecule has 4 heteroatoms. The topological polar surface area (TPSA) is 45.5 Å². The van der Waals surface area contributed by atoms with E-state index in [1.54, 1.807) is 0 Å². The van der Waals surface area contributed by atoms with Crippen molar-refractivity contribution in [3.63, 3.8) is 0 Å². The smallest absolute Gasteiger partial charge is 0.242 e. The van der Waals surface area contributed by atoms with E-state index in [0.29, 0.717) is 32.5 Å². The molecule has 0 bridgehead atoms. The Bertz CT molecular complexity index is 313. The summed E-state index contributed by atoms with van der Waals surface area (Å²) >= 11 is 0. The molecule has 0 aromatic carbocycles. The minimum absolute atomic E-state index is 0.137. The van der Waals surface area contributed by atoms with Crippen LogP contribution in [-0.4, -0.2) is 39.7 Å². The minimum atomic E-state index is -0.222. The third kappa shape index (κ3) is 2.59. The van der Waals surface area contributed by atoms with Crippen molar-refractivity contribution in [3.8, 4) is 0 Å². The summed E-state index contributed by atoms with van der Waals surface area (Å²) < 4.78 is 1.87. The van der Waals surface area contributed by atoms with Crippen LogP contribution in [0.4, 0.5) is 0 Å². The molecule has 0 atom stereocenters. The quantitative estimate of drug-likeness (QED) is 0.768. The monoisotopic (exact) mass is 208 g/mol. The molecule has 0 radical (unpaired) electrons. The lowest BCUT2D eigenvalue weighted by molar-refractivity contribution is -0.133. The second-order valence-corrected chi connectivity index (χ2v) is 3.97. The molecule has 1 fully saturated rings. The van der Waals surface area contributed by atoms with Gasteiger partial charge < -0.3 is 14.6 Å². The number of carbonyl (C=O) groups is 1. The minimum Gasteiger partial charge on any atom is -0.393 e. The van der Waals surface area contributed by atoms with Gasteiger partial charge in [-0.25, -0.2) is 0 Å². The number of rotatable bonds is 2. The van der Waals surface area contributed by atoms with Crippen LogP contribution in [0.2, 0.25) is 0 Å². The zero-order valence-corrected chi connectivity index (χ0v) is 8.67. The maximum absolute atomic E-state index is 11.8. The summed E-state index contributed by atoms with van der Waals surface area (Å²) in [5.74, 6) is 0.137. The van der Waals surface area contributed by atoms with Gasteiger partial charge in [-0.05, 0) is 25.0 Å². The second kappa shape index (κ2) is 4.49. The van der Waals surface area contributed by atoms with Gasteiger partial charge in [-0.3, -0.25) is 4.79 Å². The fraction of sp³-hybridized carbons (Fsp3) is 0.545. The van der Waals surface area contributed by atoms with Crippen molar-refractivity contribution in [2.75, 3.05) is 13.1 Å². The van der Waals surface area contributed by atoms with Crippen molar-refractivity contribution in [2.24, 2.45) is 0 Å². The zero-order valence-electron chi connectivity index (χ0n) is 8.67. The van der Waals surface area contributed by atoms with Crippen LogP contribution in [0.15, 0.2) is 24.5 Å². The number of aliphatic hydroxyl groups is 1. The number of hydrogen-bond donors (Lipinski definition) is 1. The van der Waals surface area contributed by atoms with Gasteiger partial charge in [0.25, 0.3) is 0 Å². The number of aromatic nitrogens is 1. The lowest BCUT2D eigenvalue weighted by Crippen LogP contribution is -2.41. The molecule has 2 rings (SSSR count). The Kier molecular flexibility index (Phi) is 3.06. The molecule has 1 N–H and O–H groups in total. The summed E-state index contributed by atoms with van der Waals surface area (Å²) in [6.07, 6.45) is 4.96. The molecule has 1 aromatic heterocycles. The maximum atomic E-state index is 11.8. The normalized spacial score (nSPS) is 18.1. The van der Waals surface area contributed by atoms with E-state index in [9.17, 15) is 9.90 Å². The van der Waals surface area contributed by atoms with Gasteiger partial charge in [0.2, 0.25) is 5.91 Å². The van der Waals surface area contributed by atoms with Gasteiger partial charge in [0.15, 0.2) is 0 Å². The molecule has 2 heterocycles. The highest BCUT2D eigenvalue weighted by Crippen LogP contribution is 2.10. The van der Waals surface area contributed by atoms with Gasteiger partial charge in [0.05, 0.1) is 6.10 Å². The lowest BCUT2D eigenvalue weighted by Gasteiger charge is -2.29. The Morgan fingerprint density at radius 3 is 2.47 bits per heavy atom. The van der Waals surface area contributed by atoms with E-state index in [2.05, 4.69) is 0 Å². The fourth-order valence-corrected chi connectivity index (χ4v) is 1.85. The molecule has 0 aliphatic carbocycles. The third-order valence-electron chi connectivity index (χ3n) is 2.80. The van der Waals surface area contributed by atoms with E-state index in [-0.39, 0.29) is 12.0 Å². The number of hydrogen-bond acceptors (Lipinski definition) is 2. The molecular weight excluding hydrogens is 192 g/mol. The Morgan fingerprint density at radius 2 is 1.87 bits per heavy atom.